The zero-order chi connectivity index (χ0) is 4.99. The van der Waals surface area contributed by atoms with Crippen molar-refractivity contribution in [3.63, 3.8) is 0 Å². The molecule has 0 radical (unpaired) electrons. The van der Waals surface area contributed by atoms with Crippen molar-refractivity contribution < 1.29 is 0 Å². The van der Waals surface area contributed by atoms with Gasteiger partial charge in [0.05, 0.1) is 0 Å². The highest BCUT2D eigenvalue weighted by Crippen LogP contribution is 1.86. The molecule has 0 aliphatic carbocycles. The summed E-state index contributed by atoms with van der Waals surface area (Å²) in [4.78, 5) is 0. The second-order valence-corrected chi connectivity index (χ2v) is 2.08. The first-order valence-corrected chi connectivity index (χ1v) is 2.60. The molecule has 0 nitrogen and oxygen atoms in total. The topological polar surface area (TPSA) is 0 Å². The van der Waals surface area contributed by atoms with Gasteiger partial charge in [0.15, 0.2) is 0 Å². The molecule has 0 saturated heterocycles. The Morgan fingerprint density at radius 2 is 2.17 bits per heavy atom. The molecule has 0 saturated carbocycles. The van der Waals surface area contributed by atoms with Crippen molar-refractivity contribution in [1.82, 2.24) is 0 Å². The van der Waals surface area contributed by atoms with Gasteiger partial charge in [-0.15, -0.1) is 5.98 Å². The van der Waals surface area contributed by atoms with Crippen LogP contribution in [-0.2, 0) is 0 Å². The van der Waals surface area contributed by atoms with E-state index in [-0.39, 0.29) is 0 Å². The largest absolute Gasteiger partial charge is 0.226 e. The Labute approximate surface area is 45.0 Å². The lowest BCUT2D eigenvalue weighted by Crippen LogP contribution is -1.86. The summed E-state index contributed by atoms with van der Waals surface area (Å²) >= 11 is 4.09. The number of thiol groups is 1. The monoisotopic (exact) mass is 100 g/mol. The van der Waals surface area contributed by atoms with Crippen LogP contribution in [0.4, 0.5) is 0 Å². The highest BCUT2D eigenvalue weighted by molar-refractivity contribution is 8.11. The fraction of sp³-hybridized carbons (Fsp3) is 0.500. The minimum Gasteiger partial charge on any atom is -0.221 e. The van der Waals surface area contributed by atoms with Crippen LogP contribution in [0.15, 0.2) is 12.1 Å². The SMILES string of the molecule is CC=CB(C)S. The quantitative estimate of drug-likeness (QED) is 0.376. The van der Waals surface area contributed by atoms with Crippen molar-refractivity contribution in [2.75, 3.05) is 0 Å². The molecule has 0 rings (SSSR count). The van der Waals surface area contributed by atoms with Crippen molar-refractivity contribution in [2.45, 2.75) is 13.7 Å². The highest BCUT2D eigenvalue weighted by Gasteiger charge is 1.85. The molecule has 0 aliphatic heterocycles. The summed E-state index contributed by atoms with van der Waals surface area (Å²) < 4.78 is 0. The first-order chi connectivity index (χ1) is 2.77. The van der Waals surface area contributed by atoms with E-state index in [1.807, 2.05) is 25.8 Å². The molecule has 0 aromatic heterocycles. The lowest BCUT2D eigenvalue weighted by Gasteiger charge is -1.79. The zero-order valence-corrected chi connectivity index (χ0v) is 5.07. The van der Waals surface area contributed by atoms with Crippen molar-refractivity contribution in [2.24, 2.45) is 0 Å². The van der Waals surface area contributed by atoms with E-state index in [1.54, 1.807) is 0 Å². The molecular formula is C4H9BS. The fourth-order valence-electron chi connectivity index (χ4n) is 0.279. The van der Waals surface area contributed by atoms with Crippen LogP contribution in [0.1, 0.15) is 6.92 Å². The number of rotatable bonds is 1. The predicted molar refractivity (Wildman–Crippen MR) is 35.4 cm³/mol. The van der Waals surface area contributed by atoms with Gasteiger partial charge in [-0.1, -0.05) is 12.9 Å². The average Bonchev–Trinajstić information content (AvgIpc) is 1.35. The smallest absolute Gasteiger partial charge is 0.221 e. The van der Waals surface area contributed by atoms with E-state index in [0.717, 1.165) is 0 Å². The predicted octanol–water partition coefficient (Wildman–Crippen LogP) is 1.65. The summed E-state index contributed by atoms with van der Waals surface area (Å²) in [6.45, 7) is 4.02. The summed E-state index contributed by atoms with van der Waals surface area (Å²) in [6.07, 6.45) is 2.00. The fourth-order valence-corrected chi connectivity index (χ4v) is 0.451. The third kappa shape index (κ3) is 4.15. The second kappa shape index (κ2) is 3.35. The number of allylic oxidation sites excluding steroid dienone is 1. The first-order valence-electron chi connectivity index (χ1n) is 2.08. The van der Waals surface area contributed by atoms with E-state index in [4.69, 9.17) is 0 Å². The average molecular weight is 100.0 g/mol. The Balaban J connectivity index is 3.03. The van der Waals surface area contributed by atoms with Gasteiger partial charge in [-0.05, 0) is 6.92 Å². The van der Waals surface area contributed by atoms with Crippen LogP contribution in [-0.4, -0.2) is 5.99 Å². The van der Waals surface area contributed by atoms with Gasteiger partial charge in [-0.25, -0.2) is 12.5 Å². The molecule has 0 unspecified atom stereocenters. The van der Waals surface area contributed by atoms with Crippen LogP contribution >= 0.6 is 12.5 Å². The van der Waals surface area contributed by atoms with Crippen LogP contribution in [0.25, 0.3) is 0 Å². The van der Waals surface area contributed by atoms with Crippen LogP contribution in [0, 0.1) is 0 Å². The molecule has 0 amide bonds. The summed E-state index contributed by atoms with van der Waals surface area (Å²) in [5, 5.41) is 0. The van der Waals surface area contributed by atoms with E-state index in [9.17, 15) is 0 Å². The van der Waals surface area contributed by atoms with E-state index < -0.39 is 0 Å². The summed E-state index contributed by atoms with van der Waals surface area (Å²) in [5.74, 6) is 2.44. The minimum absolute atomic E-state index is 0.412. The Bertz CT molecular complexity index is 49.5. The van der Waals surface area contributed by atoms with Crippen molar-refractivity contribution in [1.29, 1.82) is 0 Å². The Morgan fingerprint density at radius 1 is 1.67 bits per heavy atom. The molecule has 0 spiro atoms. The summed E-state index contributed by atoms with van der Waals surface area (Å²) in [6, 6.07) is 0. The molecule has 0 aromatic rings. The molecule has 0 bridgehead atoms. The van der Waals surface area contributed by atoms with Gasteiger partial charge in [0, 0.05) is 0 Å². The van der Waals surface area contributed by atoms with Gasteiger partial charge >= 0.3 is 0 Å². The maximum atomic E-state index is 4.09. The lowest BCUT2D eigenvalue weighted by atomic mass is 9.80. The summed E-state index contributed by atoms with van der Waals surface area (Å²) in [5.41, 5.74) is 0. The molecule has 0 atom stereocenters. The Morgan fingerprint density at radius 3 is 2.17 bits per heavy atom. The standard InChI is InChI=1S/C4H9BS/c1-3-4-5(2)6/h3-4,6H,1-2H3. The molecule has 2 heteroatoms. The molecular weight excluding hydrogens is 90.9 g/mol. The van der Waals surface area contributed by atoms with E-state index in [0.29, 0.717) is 5.99 Å². The van der Waals surface area contributed by atoms with Gasteiger partial charge in [0.25, 0.3) is 0 Å². The molecule has 34 valence electrons. The van der Waals surface area contributed by atoms with E-state index >= 15 is 0 Å². The Hall–Kier alpha value is 0.155. The van der Waals surface area contributed by atoms with Crippen LogP contribution in [0.5, 0.6) is 0 Å². The van der Waals surface area contributed by atoms with Gasteiger partial charge in [0.1, 0.15) is 0 Å². The molecule has 0 aliphatic rings. The molecule has 0 fully saturated rings. The third-order valence-electron chi connectivity index (χ3n) is 0.471. The van der Waals surface area contributed by atoms with E-state index in [1.165, 1.54) is 0 Å². The lowest BCUT2D eigenvalue weighted by molar-refractivity contribution is 1.78. The molecule has 0 N–H and O–H groups in total. The van der Waals surface area contributed by atoms with Gasteiger partial charge in [-0.3, -0.25) is 0 Å². The normalized spacial score (nSPS) is 9.83. The molecule has 0 aromatic carbocycles. The maximum absolute atomic E-state index is 4.09. The van der Waals surface area contributed by atoms with Crippen LogP contribution in [0.2, 0.25) is 6.82 Å². The number of hydrogen-bond donors (Lipinski definition) is 1. The van der Waals surface area contributed by atoms with E-state index in [2.05, 4.69) is 12.5 Å². The Kier molecular flexibility index (Phi) is 3.44. The van der Waals surface area contributed by atoms with Crippen molar-refractivity contribution in [3.8, 4) is 0 Å². The number of hydrogen-bond acceptors (Lipinski definition) is 1. The minimum atomic E-state index is 0.412. The zero-order valence-electron chi connectivity index (χ0n) is 4.18. The first kappa shape index (κ1) is 6.15. The molecule has 0 heterocycles. The highest BCUT2D eigenvalue weighted by atomic mass is 32.1. The van der Waals surface area contributed by atoms with Crippen molar-refractivity contribution in [3.05, 3.63) is 12.1 Å². The van der Waals surface area contributed by atoms with Crippen LogP contribution in [0.3, 0.4) is 0 Å². The van der Waals surface area contributed by atoms with Gasteiger partial charge < -0.3 is 0 Å². The van der Waals surface area contributed by atoms with Gasteiger partial charge in [0.2, 0.25) is 5.99 Å². The molecule has 6 heavy (non-hydrogen) atoms. The summed E-state index contributed by atoms with van der Waals surface area (Å²) in [7, 11) is 0. The third-order valence-corrected chi connectivity index (χ3v) is 0.643. The van der Waals surface area contributed by atoms with Gasteiger partial charge in [-0.2, -0.15) is 0 Å². The van der Waals surface area contributed by atoms with Crippen LogP contribution < -0.4 is 0 Å². The van der Waals surface area contributed by atoms with Crippen molar-refractivity contribution >= 4 is 18.5 Å². The maximum Gasteiger partial charge on any atom is 0.226 e. The second-order valence-electron chi connectivity index (χ2n) is 1.27.